The molecular weight excluding hydrogens is 238 g/mol. The summed E-state index contributed by atoms with van der Waals surface area (Å²) in [6.07, 6.45) is 3.63. The van der Waals surface area contributed by atoms with Gasteiger partial charge in [0, 0.05) is 12.6 Å². The van der Waals surface area contributed by atoms with E-state index in [9.17, 15) is 4.79 Å². The van der Waals surface area contributed by atoms with Crippen LogP contribution in [0.4, 0.5) is 0 Å². The van der Waals surface area contributed by atoms with Gasteiger partial charge < -0.3 is 5.11 Å². The third kappa shape index (κ3) is 3.57. The average Bonchev–Trinajstić information content (AvgIpc) is 2.41. The van der Waals surface area contributed by atoms with Crippen LogP contribution >= 0.6 is 0 Å². The number of nitrogens with zero attached hydrogens (tertiary/aromatic N) is 1. The number of aryl methyl sites for hydroxylation is 1. The lowest BCUT2D eigenvalue weighted by Gasteiger charge is -2.33. The highest BCUT2D eigenvalue weighted by atomic mass is 16.4. The van der Waals surface area contributed by atoms with Crippen LogP contribution in [0.5, 0.6) is 0 Å². The first kappa shape index (κ1) is 14.1. The number of rotatable bonds is 4. The molecule has 2 rings (SSSR count). The predicted molar refractivity (Wildman–Crippen MR) is 76.0 cm³/mol. The fraction of sp³-hybridized carbons (Fsp3) is 0.562. The van der Waals surface area contributed by atoms with Gasteiger partial charge in [0.05, 0.1) is 5.92 Å². The number of carbonyl (C=O) groups is 1. The van der Waals surface area contributed by atoms with Crippen molar-refractivity contribution in [3.8, 4) is 0 Å². The maximum absolute atomic E-state index is 11.0. The second-order valence-electron chi connectivity index (χ2n) is 5.69. The molecule has 0 saturated heterocycles. The van der Waals surface area contributed by atoms with E-state index in [1.165, 1.54) is 11.1 Å². The van der Waals surface area contributed by atoms with Crippen LogP contribution in [-0.4, -0.2) is 29.1 Å². The van der Waals surface area contributed by atoms with Crippen molar-refractivity contribution in [2.24, 2.45) is 5.92 Å². The molecule has 0 unspecified atom stereocenters. The monoisotopic (exact) mass is 261 g/mol. The van der Waals surface area contributed by atoms with E-state index in [4.69, 9.17) is 5.11 Å². The largest absolute Gasteiger partial charge is 0.481 e. The van der Waals surface area contributed by atoms with E-state index < -0.39 is 5.97 Å². The predicted octanol–water partition coefficient (Wildman–Crippen LogP) is 3.07. The van der Waals surface area contributed by atoms with E-state index >= 15 is 0 Å². The Kier molecular flexibility index (Phi) is 4.59. The molecule has 1 aromatic rings. The smallest absolute Gasteiger partial charge is 0.306 e. The SMILES string of the molecule is Cc1ccccc1CN(C)C1CCC(C(=O)O)CC1. The summed E-state index contributed by atoms with van der Waals surface area (Å²) in [7, 11) is 2.15. The zero-order valence-electron chi connectivity index (χ0n) is 11.8. The summed E-state index contributed by atoms with van der Waals surface area (Å²) in [6, 6.07) is 8.99. The fourth-order valence-corrected chi connectivity index (χ4v) is 2.95. The molecule has 0 heterocycles. The van der Waals surface area contributed by atoms with Crippen molar-refractivity contribution in [2.75, 3.05) is 7.05 Å². The van der Waals surface area contributed by atoms with Gasteiger partial charge in [-0.25, -0.2) is 0 Å². The molecule has 0 atom stereocenters. The van der Waals surface area contributed by atoms with Crippen molar-refractivity contribution in [2.45, 2.75) is 45.2 Å². The Hall–Kier alpha value is -1.35. The normalized spacial score (nSPS) is 23.5. The van der Waals surface area contributed by atoms with Gasteiger partial charge in [-0.1, -0.05) is 24.3 Å². The zero-order chi connectivity index (χ0) is 13.8. The van der Waals surface area contributed by atoms with Gasteiger partial charge in [0.15, 0.2) is 0 Å². The molecule has 0 bridgehead atoms. The van der Waals surface area contributed by atoms with E-state index in [1.54, 1.807) is 0 Å². The fourth-order valence-electron chi connectivity index (χ4n) is 2.95. The molecule has 19 heavy (non-hydrogen) atoms. The molecule has 104 valence electrons. The maximum Gasteiger partial charge on any atom is 0.306 e. The quantitative estimate of drug-likeness (QED) is 0.905. The van der Waals surface area contributed by atoms with Gasteiger partial charge in [0.2, 0.25) is 0 Å². The summed E-state index contributed by atoms with van der Waals surface area (Å²) in [6.45, 7) is 3.10. The summed E-state index contributed by atoms with van der Waals surface area (Å²) < 4.78 is 0. The van der Waals surface area contributed by atoms with Crippen molar-refractivity contribution in [3.63, 3.8) is 0 Å². The lowest BCUT2D eigenvalue weighted by molar-refractivity contribution is -0.143. The zero-order valence-corrected chi connectivity index (χ0v) is 11.8. The highest BCUT2D eigenvalue weighted by Gasteiger charge is 2.27. The van der Waals surface area contributed by atoms with E-state index in [0.717, 1.165) is 32.2 Å². The molecule has 1 aliphatic rings. The van der Waals surface area contributed by atoms with Crippen molar-refractivity contribution in [1.29, 1.82) is 0 Å². The first-order valence-corrected chi connectivity index (χ1v) is 7.05. The molecule has 1 fully saturated rings. The van der Waals surface area contributed by atoms with E-state index in [0.29, 0.717) is 6.04 Å². The van der Waals surface area contributed by atoms with Crippen LogP contribution in [0.25, 0.3) is 0 Å². The number of aliphatic carboxylic acids is 1. The van der Waals surface area contributed by atoms with Gasteiger partial charge in [-0.15, -0.1) is 0 Å². The highest BCUT2D eigenvalue weighted by molar-refractivity contribution is 5.70. The van der Waals surface area contributed by atoms with Gasteiger partial charge in [0.25, 0.3) is 0 Å². The van der Waals surface area contributed by atoms with Gasteiger partial charge in [-0.2, -0.15) is 0 Å². The van der Waals surface area contributed by atoms with Crippen LogP contribution in [0.1, 0.15) is 36.8 Å². The lowest BCUT2D eigenvalue weighted by Crippen LogP contribution is -2.36. The van der Waals surface area contributed by atoms with Crippen LogP contribution in [-0.2, 0) is 11.3 Å². The van der Waals surface area contributed by atoms with Crippen LogP contribution in [0.15, 0.2) is 24.3 Å². The van der Waals surface area contributed by atoms with Crippen molar-refractivity contribution in [1.82, 2.24) is 4.90 Å². The Morgan fingerprint density at radius 1 is 1.26 bits per heavy atom. The number of benzene rings is 1. The van der Waals surface area contributed by atoms with Crippen LogP contribution in [0, 0.1) is 12.8 Å². The minimum atomic E-state index is -0.625. The Labute approximate surface area is 115 Å². The molecule has 1 saturated carbocycles. The Morgan fingerprint density at radius 2 is 1.89 bits per heavy atom. The minimum Gasteiger partial charge on any atom is -0.481 e. The van der Waals surface area contributed by atoms with E-state index in [-0.39, 0.29) is 5.92 Å². The Morgan fingerprint density at radius 3 is 2.47 bits per heavy atom. The molecule has 0 aromatic heterocycles. The summed E-state index contributed by atoms with van der Waals surface area (Å²) in [5, 5.41) is 9.02. The number of carboxylic acid groups (broad SMARTS) is 1. The molecule has 1 N–H and O–H groups in total. The summed E-state index contributed by atoms with van der Waals surface area (Å²) >= 11 is 0. The van der Waals surface area contributed by atoms with Crippen molar-refractivity contribution in [3.05, 3.63) is 35.4 Å². The van der Waals surface area contributed by atoms with Crippen molar-refractivity contribution < 1.29 is 9.90 Å². The summed E-state index contributed by atoms with van der Waals surface area (Å²) in [4.78, 5) is 13.3. The molecule has 1 aliphatic carbocycles. The van der Waals surface area contributed by atoms with Gasteiger partial charge in [0.1, 0.15) is 0 Å². The second kappa shape index (κ2) is 6.20. The van der Waals surface area contributed by atoms with E-state index in [2.05, 4.69) is 43.1 Å². The van der Waals surface area contributed by atoms with E-state index in [1.807, 2.05) is 0 Å². The number of carboxylic acids is 1. The molecule has 3 heteroatoms. The number of hydrogen-bond donors (Lipinski definition) is 1. The topological polar surface area (TPSA) is 40.5 Å². The molecule has 0 radical (unpaired) electrons. The third-order valence-corrected chi connectivity index (χ3v) is 4.35. The Balaban J connectivity index is 1.90. The molecule has 0 aliphatic heterocycles. The first-order valence-electron chi connectivity index (χ1n) is 7.05. The first-order chi connectivity index (χ1) is 9.08. The second-order valence-corrected chi connectivity index (χ2v) is 5.69. The molecule has 0 amide bonds. The maximum atomic E-state index is 11.0. The minimum absolute atomic E-state index is 0.122. The standard InChI is InChI=1S/C16H23NO2/c1-12-5-3-4-6-14(12)11-17(2)15-9-7-13(8-10-15)16(18)19/h3-6,13,15H,7-11H2,1-2H3,(H,18,19). The van der Waals surface area contributed by atoms with Crippen LogP contribution in [0.2, 0.25) is 0 Å². The molecule has 1 aromatic carbocycles. The molecular formula is C16H23NO2. The van der Waals surface area contributed by atoms with Crippen LogP contribution in [0.3, 0.4) is 0 Å². The van der Waals surface area contributed by atoms with Crippen LogP contribution < -0.4 is 0 Å². The Bertz CT molecular complexity index is 436. The average molecular weight is 261 g/mol. The van der Waals surface area contributed by atoms with Gasteiger partial charge in [-0.05, 0) is 50.8 Å². The number of hydrogen-bond acceptors (Lipinski definition) is 2. The van der Waals surface area contributed by atoms with Crippen molar-refractivity contribution >= 4 is 5.97 Å². The highest BCUT2D eigenvalue weighted by Crippen LogP contribution is 2.28. The third-order valence-electron chi connectivity index (χ3n) is 4.35. The lowest BCUT2D eigenvalue weighted by atomic mass is 9.85. The molecule has 0 spiro atoms. The van der Waals surface area contributed by atoms with Gasteiger partial charge >= 0.3 is 5.97 Å². The molecule has 3 nitrogen and oxygen atoms in total. The summed E-state index contributed by atoms with van der Waals surface area (Å²) in [5.41, 5.74) is 2.69. The summed E-state index contributed by atoms with van der Waals surface area (Å²) in [5.74, 6) is -0.747. The van der Waals surface area contributed by atoms with Gasteiger partial charge in [-0.3, -0.25) is 9.69 Å².